The Morgan fingerprint density at radius 1 is 0.567 bits per heavy atom. The highest BCUT2D eigenvalue weighted by Crippen LogP contribution is 2.56. The molecule has 60 heavy (non-hydrogen) atoms. The first-order chi connectivity index (χ1) is 28.6. The second-order valence-electron chi connectivity index (χ2n) is 15.7. The Morgan fingerprint density at radius 3 is 1.57 bits per heavy atom. The van der Waals surface area contributed by atoms with Gasteiger partial charge >= 0.3 is 12.4 Å². The highest BCUT2D eigenvalue weighted by molar-refractivity contribution is 6.12. The van der Waals surface area contributed by atoms with E-state index in [2.05, 4.69) is 24.3 Å². The molecule has 9 rings (SSSR count). The monoisotopic (exact) mass is 804 g/mol. The fraction of sp³-hybridized carbons (Fsp3) is 0.160. The SMILES string of the molecule is CC1=CC2c3cc(C)ccc3N(c3c(C#N)c(-c4ccc(C(F)(F)F)cc4)c(C#N)c(-n4c5ccc(C)cc5c5cc(C)ccc54)c3-c3ccc(C(F)(F)F)cc3)C2C=C1. The van der Waals surface area contributed by atoms with E-state index in [1.165, 1.54) is 24.3 Å². The molecular formula is C50H34F6N4. The van der Waals surface area contributed by atoms with Gasteiger partial charge in [-0.25, -0.2) is 0 Å². The van der Waals surface area contributed by atoms with Crippen molar-refractivity contribution in [3.63, 3.8) is 0 Å². The molecule has 0 saturated carbocycles. The normalized spacial score (nSPS) is 16.1. The summed E-state index contributed by atoms with van der Waals surface area (Å²) in [4.78, 5) is 2.02. The van der Waals surface area contributed by atoms with Crippen molar-refractivity contribution in [1.82, 2.24) is 4.57 Å². The molecule has 1 aliphatic heterocycles. The van der Waals surface area contributed by atoms with Crippen LogP contribution in [0.1, 0.15) is 57.3 Å². The van der Waals surface area contributed by atoms with Crippen LogP contribution in [0.3, 0.4) is 0 Å². The topological polar surface area (TPSA) is 55.8 Å². The molecule has 2 heterocycles. The number of rotatable bonds is 4. The first-order valence-electron chi connectivity index (χ1n) is 19.3. The third-order valence-electron chi connectivity index (χ3n) is 11.7. The second-order valence-corrected chi connectivity index (χ2v) is 15.7. The number of nitriles is 2. The largest absolute Gasteiger partial charge is 0.416 e. The predicted octanol–water partition coefficient (Wildman–Crippen LogP) is 13.9. The quantitative estimate of drug-likeness (QED) is 0.167. The Bertz CT molecular complexity index is 3020. The Balaban J connectivity index is 1.53. The van der Waals surface area contributed by atoms with E-state index in [1.807, 2.05) is 97.8 Å². The zero-order chi connectivity index (χ0) is 42.4. The maximum Gasteiger partial charge on any atom is 0.416 e. The van der Waals surface area contributed by atoms with Gasteiger partial charge in [0.25, 0.3) is 0 Å². The van der Waals surface area contributed by atoms with Gasteiger partial charge in [0, 0.05) is 33.5 Å². The summed E-state index contributed by atoms with van der Waals surface area (Å²) < 4.78 is 86.4. The first kappa shape index (κ1) is 38.5. The molecule has 0 radical (unpaired) electrons. The molecule has 1 aliphatic carbocycles. The van der Waals surface area contributed by atoms with Crippen molar-refractivity contribution in [1.29, 1.82) is 10.5 Å². The number of allylic oxidation sites excluding steroid dienone is 2. The highest BCUT2D eigenvalue weighted by atomic mass is 19.4. The average Bonchev–Trinajstić information content (AvgIpc) is 3.69. The van der Waals surface area contributed by atoms with Gasteiger partial charge in [0.1, 0.15) is 12.1 Å². The summed E-state index contributed by atoms with van der Waals surface area (Å²) in [5, 5.41) is 24.6. The number of anilines is 2. The van der Waals surface area contributed by atoms with E-state index >= 15 is 0 Å². The Labute approximate surface area is 342 Å². The van der Waals surface area contributed by atoms with Crippen molar-refractivity contribution >= 4 is 33.2 Å². The van der Waals surface area contributed by atoms with E-state index in [9.17, 15) is 36.9 Å². The van der Waals surface area contributed by atoms with Crippen LogP contribution in [0.4, 0.5) is 37.7 Å². The van der Waals surface area contributed by atoms with Crippen molar-refractivity contribution in [3.05, 3.63) is 171 Å². The third-order valence-corrected chi connectivity index (χ3v) is 11.7. The van der Waals surface area contributed by atoms with Gasteiger partial charge in [-0.3, -0.25) is 0 Å². The Morgan fingerprint density at radius 2 is 1.05 bits per heavy atom. The molecular weight excluding hydrogens is 771 g/mol. The molecule has 6 aromatic carbocycles. The highest BCUT2D eigenvalue weighted by Gasteiger charge is 2.43. The second kappa shape index (κ2) is 13.8. The maximum absolute atomic E-state index is 14.2. The predicted molar refractivity (Wildman–Crippen MR) is 223 cm³/mol. The molecule has 1 aromatic heterocycles. The third kappa shape index (κ3) is 6.05. The lowest BCUT2D eigenvalue weighted by Gasteiger charge is -2.34. The maximum atomic E-state index is 14.2. The standard InChI is InChI=1S/C50H34F6N4/c1-27-5-17-41-35(21-27)36-22-28(2)6-18-42(36)59(41)47-39(25-57)45(31-9-13-33(14-10-31)49(51,52)53)40(26-58)48(46(47)32-11-15-34(16-12-32)50(54,55)56)60-43-19-7-29(3)23-37(43)38-24-30(4)8-20-44(38)60/h5-24,35,41H,1-4H3. The van der Waals surface area contributed by atoms with Crippen LogP contribution in [0.5, 0.6) is 0 Å². The van der Waals surface area contributed by atoms with Crippen molar-refractivity contribution in [2.75, 3.05) is 4.90 Å². The number of halogens is 6. The fourth-order valence-corrected chi connectivity index (χ4v) is 9.03. The molecule has 2 unspecified atom stereocenters. The van der Waals surface area contributed by atoms with Gasteiger partial charge in [0.15, 0.2) is 0 Å². The summed E-state index contributed by atoms with van der Waals surface area (Å²) >= 11 is 0. The van der Waals surface area contributed by atoms with Gasteiger partial charge in [0.05, 0.1) is 50.7 Å². The van der Waals surface area contributed by atoms with E-state index in [4.69, 9.17) is 0 Å². The van der Waals surface area contributed by atoms with Gasteiger partial charge in [-0.1, -0.05) is 89.0 Å². The summed E-state index contributed by atoms with van der Waals surface area (Å²) in [5.74, 6) is -0.190. The van der Waals surface area contributed by atoms with Crippen LogP contribution in [0.15, 0.2) is 127 Å². The minimum Gasteiger partial charge on any atom is -0.332 e. The summed E-state index contributed by atoms with van der Waals surface area (Å²) in [6.07, 6.45) is -3.14. The van der Waals surface area contributed by atoms with Crippen molar-refractivity contribution < 1.29 is 26.3 Å². The van der Waals surface area contributed by atoms with Gasteiger partial charge in [-0.05, 0) is 99.0 Å². The zero-order valence-corrected chi connectivity index (χ0v) is 32.8. The number of alkyl halides is 6. The molecule has 0 spiro atoms. The van der Waals surface area contributed by atoms with Gasteiger partial charge in [-0.2, -0.15) is 36.9 Å². The summed E-state index contributed by atoms with van der Waals surface area (Å²) in [7, 11) is 0. The smallest absolute Gasteiger partial charge is 0.332 e. The van der Waals surface area contributed by atoms with E-state index < -0.39 is 29.5 Å². The molecule has 0 saturated heterocycles. The molecule has 0 fully saturated rings. The molecule has 7 aromatic rings. The molecule has 2 atom stereocenters. The number of fused-ring (bicyclic) bond motifs is 6. The van der Waals surface area contributed by atoms with E-state index in [0.717, 1.165) is 68.6 Å². The number of aromatic nitrogens is 1. The van der Waals surface area contributed by atoms with Crippen LogP contribution >= 0.6 is 0 Å². The van der Waals surface area contributed by atoms with Crippen LogP contribution in [0.2, 0.25) is 0 Å². The lowest BCUT2D eigenvalue weighted by atomic mass is 9.84. The van der Waals surface area contributed by atoms with Crippen LogP contribution in [-0.4, -0.2) is 10.6 Å². The van der Waals surface area contributed by atoms with Crippen LogP contribution in [0.25, 0.3) is 49.7 Å². The van der Waals surface area contributed by atoms with Gasteiger partial charge in [0.2, 0.25) is 0 Å². The minimum atomic E-state index is -4.65. The fourth-order valence-electron chi connectivity index (χ4n) is 9.03. The molecule has 0 bridgehead atoms. The number of hydrogen-bond acceptors (Lipinski definition) is 3. The van der Waals surface area contributed by atoms with Crippen molar-refractivity contribution in [3.8, 4) is 40.1 Å². The zero-order valence-electron chi connectivity index (χ0n) is 32.8. The Hall–Kier alpha value is -7.04. The number of aryl methyl sites for hydroxylation is 3. The van der Waals surface area contributed by atoms with Crippen LogP contribution in [0, 0.1) is 43.4 Å². The lowest BCUT2D eigenvalue weighted by Crippen LogP contribution is -2.30. The summed E-state index contributed by atoms with van der Waals surface area (Å²) in [6, 6.07) is 31.1. The number of hydrogen-bond donors (Lipinski definition) is 0. The van der Waals surface area contributed by atoms with E-state index in [0.29, 0.717) is 27.8 Å². The minimum absolute atomic E-state index is 0.00994. The van der Waals surface area contributed by atoms with Crippen molar-refractivity contribution in [2.24, 2.45) is 0 Å². The molecule has 0 amide bonds. The van der Waals surface area contributed by atoms with Crippen molar-refractivity contribution in [2.45, 2.75) is 52.0 Å². The molecule has 296 valence electrons. The van der Waals surface area contributed by atoms with Crippen LogP contribution in [-0.2, 0) is 12.4 Å². The molecule has 2 aliphatic rings. The molecule has 10 heteroatoms. The van der Waals surface area contributed by atoms with E-state index in [-0.39, 0.29) is 33.9 Å². The van der Waals surface area contributed by atoms with Gasteiger partial charge < -0.3 is 9.47 Å². The van der Waals surface area contributed by atoms with E-state index in [1.54, 1.807) is 0 Å². The Kier molecular flexibility index (Phi) is 8.84. The van der Waals surface area contributed by atoms with Gasteiger partial charge in [-0.15, -0.1) is 0 Å². The first-order valence-corrected chi connectivity index (χ1v) is 19.3. The average molecular weight is 805 g/mol. The molecule has 0 N–H and O–H groups in total. The number of benzene rings is 6. The summed E-state index contributed by atoms with van der Waals surface area (Å²) in [5.41, 5.74) is 6.75. The molecule has 4 nitrogen and oxygen atoms in total. The number of nitrogens with zero attached hydrogens (tertiary/aromatic N) is 4. The lowest BCUT2D eigenvalue weighted by molar-refractivity contribution is -0.138. The van der Waals surface area contributed by atoms with Crippen LogP contribution < -0.4 is 4.90 Å². The summed E-state index contributed by atoms with van der Waals surface area (Å²) in [6.45, 7) is 7.90.